The number of carbonyl (C=O) groups excluding carboxylic acids is 2. The van der Waals surface area contributed by atoms with Gasteiger partial charge in [-0.1, -0.05) is 37.6 Å². The van der Waals surface area contributed by atoms with Gasteiger partial charge in [-0.2, -0.15) is 0 Å². The van der Waals surface area contributed by atoms with Gasteiger partial charge in [0.2, 0.25) is 0 Å². The fourth-order valence-electron chi connectivity index (χ4n) is 3.08. The second kappa shape index (κ2) is 7.60. The highest BCUT2D eigenvalue weighted by Gasteiger charge is 2.28. The van der Waals surface area contributed by atoms with E-state index in [1.165, 1.54) is 0 Å². The highest BCUT2D eigenvalue weighted by atomic mass is 16.2. The van der Waals surface area contributed by atoms with Gasteiger partial charge in [-0.3, -0.25) is 9.69 Å². The third kappa shape index (κ3) is 3.87. The Kier molecular flexibility index (Phi) is 5.26. The summed E-state index contributed by atoms with van der Waals surface area (Å²) in [7, 11) is 0. The molecular formula is C21H25N3O2. The number of anilines is 2. The van der Waals surface area contributed by atoms with Gasteiger partial charge in [0.05, 0.1) is 0 Å². The van der Waals surface area contributed by atoms with Crippen molar-refractivity contribution >= 4 is 23.3 Å². The first-order valence-corrected chi connectivity index (χ1v) is 9.01. The van der Waals surface area contributed by atoms with Crippen LogP contribution in [0.1, 0.15) is 35.3 Å². The summed E-state index contributed by atoms with van der Waals surface area (Å²) in [6.07, 6.45) is 0.682. The number of hydrogen-bond donors (Lipinski definition) is 2. The summed E-state index contributed by atoms with van der Waals surface area (Å²) >= 11 is 0. The third-order valence-corrected chi connectivity index (χ3v) is 4.49. The van der Waals surface area contributed by atoms with Gasteiger partial charge in [0, 0.05) is 30.0 Å². The summed E-state index contributed by atoms with van der Waals surface area (Å²) in [5.74, 6) is 0.323. The number of amides is 3. The molecule has 0 saturated heterocycles. The predicted octanol–water partition coefficient (Wildman–Crippen LogP) is 3.98. The van der Waals surface area contributed by atoms with Gasteiger partial charge < -0.3 is 10.6 Å². The maximum absolute atomic E-state index is 12.7. The van der Waals surface area contributed by atoms with Crippen molar-refractivity contribution in [3.05, 3.63) is 59.2 Å². The van der Waals surface area contributed by atoms with Crippen molar-refractivity contribution in [2.75, 3.05) is 23.3 Å². The van der Waals surface area contributed by atoms with E-state index in [0.717, 1.165) is 22.5 Å². The fourth-order valence-corrected chi connectivity index (χ4v) is 3.08. The van der Waals surface area contributed by atoms with Gasteiger partial charge in [0.1, 0.15) is 0 Å². The summed E-state index contributed by atoms with van der Waals surface area (Å²) in [5, 5.41) is 5.89. The minimum atomic E-state index is -0.174. The van der Waals surface area contributed by atoms with Crippen LogP contribution >= 0.6 is 0 Å². The summed E-state index contributed by atoms with van der Waals surface area (Å²) in [6, 6.07) is 13.1. The van der Waals surface area contributed by atoms with E-state index in [9.17, 15) is 9.59 Å². The first-order chi connectivity index (χ1) is 12.5. The zero-order valence-electron chi connectivity index (χ0n) is 15.5. The van der Waals surface area contributed by atoms with E-state index in [0.29, 0.717) is 31.0 Å². The fraction of sp³-hybridized carbons (Fsp3) is 0.333. The van der Waals surface area contributed by atoms with Crippen molar-refractivity contribution < 1.29 is 9.59 Å². The van der Waals surface area contributed by atoms with E-state index in [1.807, 2.05) is 49.4 Å². The molecule has 2 aromatic carbocycles. The minimum absolute atomic E-state index is 0.0728. The standard InChI is InChI=1S/C21H25N3O2/c1-14(2)13-22-20(25)18-5-4-6-19-17(18)11-12-24(19)21(26)23-16-9-7-15(3)8-10-16/h4-10,14H,11-13H2,1-3H3,(H,22,25)(H,23,26). The number of aryl methyl sites for hydroxylation is 1. The Hall–Kier alpha value is -2.82. The Morgan fingerprint density at radius 2 is 1.85 bits per heavy atom. The van der Waals surface area contributed by atoms with E-state index >= 15 is 0 Å². The molecule has 3 amide bonds. The molecule has 0 fully saturated rings. The van der Waals surface area contributed by atoms with Crippen LogP contribution in [0.4, 0.5) is 16.2 Å². The lowest BCUT2D eigenvalue weighted by atomic mass is 10.0. The molecule has 0 saturated carbocycles. The summed E-state index contributed by atoms with van der Waals surface area (Å²) in [4.78, 5) is 26.9. The largest absolute Gasteiger partial charge is 0.352 e. The molecule has 0 aromatic heterocycles. The van der Waals surface area contributed by atoms with Gasteiger partial charge >= 0.3 is 6.03 Å². The number of nitrogens with one attached hydrogen (secondary N) is 2. The molecule has 26 heavy (non-hydrogen) atoms. The van der Waals surface area contributed by atoms with E-state index in [4.69, 9.17) is 0 Å². The van der Waals surface area contributed by atoms with Gasteiger partial charge in [0.15, 0.2) is 0 Å². The number of benzene rings is 2. The Morgan fingerprint density at radius 1 is 1.12 bits per heavy atom. The van der Waals surface area contributed by atoms with E-state index < -0.39 is 0 Å². The van der Waals surface area contributed by atoms with Crippen LogP contribution in [0, 0.1) is 12.8 Å². The van der Waals surface area contributed by atoms with Gasteiger partial charge in [-0.15, -0.1) is 0 Å². The molecule has 2 N–H and O–H groups in total. The van der Waals surface area contributed by atoms with Crippen molar-refractivity contribution in [2.45, 2.75) is 27.2 Å². The molecule has 5 heteroatoms. The molecule has 0 radical (unpaired) electrons. The Bertz CT molecular complexity index is 813. The van der Waals surface area contributed by atoms with Crippen LogP contribution in [0.25, 0.3) is 0 Å². The molecular weight excluding hydrogens is 326 g/mol. The van der Waals surface area contributed by atoms with E-state index in [1.54, 1.807) is 4.90 Å². The SMILES string of the molecule is Cc1ccc(NC(=O)N2CCc3c(C(=O)NCC(C)C)cccc32)cc1. The molecule has 0 atom stereocenters. The molecule has 1 heterocycles. The average molecular weight is 351 g/mol. The maximum Gasteiger partial charge on any atom is 0.326 e. The number of carbonyl (C=O) groups is 2. The Balaban J connectivity index is 1.76. The Morgan fingerprint density at radius 3 is 2.54 bits per heavy atom. The number of nitrogens with zero attached hydrogens (tertiary/aromatic N) is 1. The highest BCUT2D eigenvalue weighted by Crippen LogP contribution is 2.31. The molecule has 0 aliphatic carbocycles. The Labute approximate surface area is 154 Å². The van der Waals surface area contributed by atoms with Crippen molar-refractivity contribution in [2.24, 2.45) is 5.92 Å². The number of rotatable bonds is 4. The minimum Gasteiger partial charge on any atom is -0.352 e. The van der Waals surface area contributed by atoms with Gasteiger partial charge in [0.25, 0.3) is 5.91 Å². The van der Waals surface area contributed by atoms with Crippen LogP contribution in [-0.2, 0) is 6.42 Å². The zero-order valence-corrected chi connectivity index (χ0v) is 15.5. The van der Waals surface area contributed by atoms with Crippen molar-refractivity contribution in [3.63, 3.8) is 0 Å². The number of urea groups is 1. The van der Waals surface area contributed by atoms with Crippen LogP contribution < -0.4 is 15.5 Å². The average Bonchev–Trinajstić information content (AvgIpc) is 3.05. The number of fused-ring (bicyclic) bond motifs is 1. The highest BCUT2D eigenvalue weighted by molar-refractivity contribution is 6.05. The van der Waals surface area contributed by atoms with Crippen molar-refractivity contribution in [1.29, 1.82) is 0 Å². The topological polar surface area (TPSA) is 61.4 Å². The lowest BCUT2D eigenvalue weighted by Crippen LogP contribution is -2.33. The second-order valence-corrected chi connectivity index (χ2v) is 7.10. The van der Waals surface area contributed by atoms with Gasteiger partial charge in [-0.05, 0) is 49.1 Å². The van der Waals surface area contributed by atoms with E-state index in [2.05, 4.69) is 24.5 Å². The molecule has 0 bridgehead atoms. The maximum atomic E-state index is 12.7. The van der Waals surface area contributed by atoms with Crippen molar-refractivity contribution in [1.82, 2.24) is 5.32 Å². The lowest BCUT2D eigenvalue weighted by Gasteiger charge is -2.19. The first kappa shape index (κ1) is 18.0. The zero-order chi connectivity index (χ0) is 18.7. The quantitative estimate of drug-likeness (QED) is 0.875. The first-order valence-electron chi connectivity index (χ1n) is 9.01. The number of hydrogen-bond acceptors (Lipinski definition) is 2. The molecule has 3 rings (SSSR count). The van der Waals surface area contributed by atoms with Crippen LogP contribution in [0.3, 0.4) is 0 Å². The van der Waals surface area contributed by atoms with Crippen LogP contribution in [0.15, 0.2) is 42.5 Å². The lowest BCUT2D eigenvalue weighted by molar-refractivity contribution is 0.0948. The summed E-state index contributed by atoms with van der Waals surface area (Å²) in [6.45, 7) is 7.34. The molecule has 5 nitrogen and oxygen atoms in total. The van der Waals surface area contributed by atoms with Crippen molar-refractivity contribution in [3.8, 4) is 0 Å². The molecule has 0 unspecified atom stereocenters. The monoisotopic (exact) mass is 351 g/mol. The summed E-state index contributed by atoms with van der Waals surface area (Å²) < 4.78 is 0. The van der Waals surface area contributed by atoms with Crippen LogP contribution in [0.5, 0.6) is 0 Å². The molecule has 1 aliphatic heterocycles. The summed E-state index contributed by atoms with van der Waals surface area (Å²) in [5.41, 5.74) is 4.32. The molecule has 0 spiro atoms. The van der Waals surface area contributed by atoms with Crippen LogP contribution in [0.2, 0.25) is 0 Å². The smallest absolute Gasteiger partial charge is 0.326 e. The molecule has 1 aliphatic rings. The van der Waals surface area contributed by atoms with E-state index in [-0.39, 0.29) is 11.9 Å². The predicted molar refractivity (Wildman–Crippen MR) is 105 cm³/mol. The van der Waals surface area contributed by atoms with Crippen LogP contribution in [-0.4, -0.2) is 25.0 Å². The van der Waals surface area contributed by atoms with Gasteiger partial charge in [-0.25, -0.2) is 4.79 Å². The normalized spacial score (nSPS) is 12.8. The second-order valence-electron chi connectivity index (χ2n) is 7.10. The molecule has 2 aromatic rings. The molecule has 136 valence electrons. The third-order valence-electron chi connectivity index (χ3n) is 4.49.